The second-order valence-electron chi connectivity index (χ2n) is 5.09. The molecule has 0 aliphatic heterocycles. The van der Waals surface area contributed by atoms with E-state index in [1.807, 2.05) is 31.4 Å². The van der Waals surface area contributed by atoms with E-state index in [2.05, 4.69) is 50.9 Å². The lowest BCUT2D eigenvalue weighted by molar-refractivity contribution is 0.458. The number of aromatic nitrogens is 2. The highest BCUT2D eigenvalue weighted by molar-refractivity contribution is 9.10. The fraction of sp³-hybridized carbons (Fsp3) is 0.400. The Kier molecular flexibility index (Phi) is 5.24. The molecule has 0 amide bonds. The summed E-state index contributed by atoms with van der Waals surface area (Å²) in [4.78, 5) is 0. The number of benzene rings is 1. The molecule has 1 atom stereocenters. The van der Waals surface area contributed by atoms with E-state index >= 15 is 0 Å². The van der Waals surface area contributed by atoms with Gasteiger partial charge in [0, 0.05) is 11.1 Å². The molecule has 5 heteroatoms. The van der Waals surface area contributed by atoms with Gasteiger partial charge in [0.25, 0.3) is 0 Å². The van der Waals surface area contributed by atoms with Crippen LogP contribution in [0.4, 0.5) is 0 Å². The molecule has 3 nitrogen and oxygen atoms in total. The van der Waals surface area contributed by atoms with E-state index in [-0.39, 0.29) is 6.04 Å². The van der Waals surface area contributed by atoms with Gasteiger partial charge >= 0.3 is 0 Å². The van der Waals surface area contributed by atoms with Crippen molar-refractivity contribution in [2.45, 2.75) is 32.4 Å². The molecule has 0 fully saturated rings. The van der Waals surface area contributed by atoms with Crippen LogP contribution < -0.4 is 5.32 Å². The largest absolute Gasteiger partial charge is 0.311 e. The van der Waals surface area contributed by atoms with Crippen molar-refractivity contribution in [2.24, 2.45) is 0 Å². The average molecular weight is 357 g/mol. The Morgan fingerprint density at radius 3 is 2.75 bits per heavy atom. The Balaban J connectivity index is 2.31. The molecule has 2 rings (SSSR count). The SMILES string of the molecule is CNC(Cc1cccc(Cl)c1)c1c(Br)cnn1C(C)C. The smallest absolute Gasteiger partial charge is 0.0702 e. The van der Waals surface area contributed by atoms with Gasteiger partial charge in [-0.05, 0) is 60.9 Å². The molecule has 0 aliphatic carbocycles. The molecule has 2 aromatic rings. The van der Waals surface area contributed by atoms with E-state index < -0.39 is 0 Å². The summed E-state index contributed by atoms with van der Waals surface area (Å²) in [5.74, 6) is 0. The van der Waals surface area contributed by atoms with Crippen LogP contribution in [0.15, 0.2) is 34.9 Å². The van der Waals surface area contributed by atoms with Crippen LogP contribution >= 0.6 is 27.5 Å². The molecule has 1 aromatic heterocycles. The molecule has 0 radical (unpaired) electrons. The monoisotopic (exact) mass is 355 g/mol. The Labute approximate surface area is 133 Å². The number of nitrogens with zero attached hydrogens (tertiary/aromatic N) is 2. The second-order valence-corrected chi connectivity index (χ2v) is 6.38. The summed E-state index contributed by atoms with van der Waals surface area (Å²) in [5.41, 5.74) is 2.38. The van der Waals surface area contributed by atoms with Gasteiger partial charge in [-0.1, -0.05) is 23.7 Å². The van der Waals surface area contributed by atoms with Gasteiger partial charge in [-0.15, -0.1) is 0 Å². The Bertz CT molecular complexity index is 580. The molecular formula is C15H19BrClN3. The average Bonchev–Trinajstić information content (AvgIpc) is 2.78. The van der Waals surface area contributed by atoms with E-state index in [9.17, 15) is 0 Å². The van der Waals surface area contributed by atoms with Crippen molar-refractivity contribution < 1.29 is 0 Å². The van der Waals surface area contributed by atoms with Crippen molar-refractivity contribution in [3.05, 3.63) is 51.2 Å². The quantitative estimate of drug-likeness (QED) is 0.861. The van der Waals surface area contributed by atoms with Crippen molar-refractivity contribution in [3.8, 4) is 0 Å². The first-order chi connectivity index (χ1) is 9.52. The Morgan fingerprint density at radius 2 is 2.15 bits per heavy atom. The van der Waals surface area contributed by atoms with Crippen LogP contribution in [0.1, 0.15) is 37.2 Å². The third-order valence-electron chi connectivity index (χ3n) is 3.28. The van der Waals surface area contributed by atoms with Crippen LogP contribution in [0.2, 0.25) is 5.02 Å². The number of hydrogen-bond donors (Lipinski definition) is 1. The van der Waals surface area contributed by atoms with E-state index in [0.717, 1.165) is 15.9 Å². The summed E-state index contributed by atoms with van der Waals surface area (Å²) in [6, 6.07) is 8.50. The van der Waals surface area contributed by atoms with Crippen LogP contribution in [0.5, 0.6) is 0 Å². The van der Waals surface area contributed by atoms with Crippen molar-refractivity contribution in [1.82, 2.24) is 15.1 Å². The molecule has 1 N–H and O–H groups in total. The van der Waals surface area contributed by atoms with Gasteiger partial charge in [-0.2, -0.15) is 5.10 Å². The highest BCUT2D eigenvalue weighted by atomic mass is 79.9. The number of hydrogen-bond acceptors (Lipinski definition) is 2. The molecule has 1 heterocycles. The van der Waals surface area contributed by atoms with Gasteiger partial charge < -0.3 is 5.32 Å². The van der Waals surface area contributed by atoms with Crippen LogP contribution in [0.3, 0.4) is 0 Å². The number of nitrogens with one attached hydrogen (secondary N) is 1. The summed E-state index contributed by atoms with van der Waals surface area (Å²) >= 11 is 9.67. The van der Waals surface area contributed by atoms with Crippen LogP contribution in [0.25, 0.3) is 0 Å². The minimum absolute atomic E-state index is 0.188. The summed E-state index contributed by atoms with van der Waals surface area (Å²) in [7, 11) is 1.97. The molecule has 108 valence electrons. The first-order valence-corrected chi connectivity index (χ1v) is 7.84. The standard InChI is InChI=1S/C15H19BrClN3/c1-10(2)20-15(13(16)9-19-20)14(18-3)8-11-5-4-6-12(17)7-11/h4-7,9-10,14,18H,8H2,1-3H3. The maximum Gasteiger partial charge on any atom is 0.0702 e. The Morgan fingerprint density at radius 1 is 1.40 bits per heavy atom. The third-order valence-corrected chi connectivity index (χ3v) is 4.13. The van der Waals surface area contributed by atoms with Gasteiger partial charge in [0.05, 0.1) is 22.4 Å². The molecule has 1 unspecified atom stereocenters. The van der Waals surface area contributed by atoms with Crippen LogP contribution in [0, 0.1) is 0 Å². The summed E-state index contributed by atoms with van der Waals surface area (Å²) in [6.07, 6.45) is 2.73. The minimum atomic E-state index is 0.188. The zero-order valence-electron chi connectivity index (χ0n) is 11.9. The van der Waals surface area contributed by atoms with Crippen molar-refractivity contribution in [1.29, 1.82) is 0 Å². The fourth-order valence-corrected chi connectivity index (χ4v) is 3.09. The summed E-state index contributed by atoms with van der Waals surface area (Å²) < 4.78 is 3.09. The molecular weight excluding hydrogens is 338 g/mol. The number of rotatable bonds is 5. The maximum atomic E-state index is 6.06. The topological polar surface area (TPSA) is 29.9 Å². The normalized spacial score (nSPS) is 12.9. The van der Waals surface area contributed by atoms with Gasteiger partial charge in [-0.25, -0.2) is 0 Å². The van der Waals surface area contributed by atoms with Gasteiger partial charge in [-0.3, -0.25) is 4.68 Å². The highest BCUT2D eigenvalue weighted by Crippen LogP contribution is 2.28. The van der Waals surface area contributed by atoms with E-state index in [1.165, 1.54) is 11.3 Å². The summed E-state index contributed by atoms with van der Waals surface area (Å²) in [6.45, 7) is 4.27. The maximum absolute atomic E-state index is 6.06. The van der Waals surface area contributed by atoms with E-state index in [4.69, 9.17) is 11.6 Å². The molecule has 0 spiro atoms. The lowest BCUT2D eigenvalue weighted by atomic mass is 10.0. The van der Waals surface area contributed by atoms with E-state index in [1.54, 1.807) is 0 Å². The zero-order valence-corrected chi connectivity index (χ0v) is 14.2. The first kappa shape index (κ1) is 15.5. The fourth-order valence-electron chi connectivity index (χ4n) is 2.32. The van der Waals surface area contributed by atoms with Gasteiger partial charge in [0.2, 0.25) is 0 Å². The molecule has 0 aliphatic rings. The predicted molar refractivity (Wildman–Crippen MR) is 87.3 cm³/mol. The van der Waals surface area contributed by atoms with Crippen LogP contribution in [-0.4, -0.2) is 16.8 Å². The first-order valence-electron chi connectivity index (χ1n) is 6.67. The zero-order chi connectivity index (χ0) is 14.7. The molecule has 0 bridgehead atoms. The minimum Gasteiger partial charge on any atom is -0.311 e. The van der Waals surface area contributed by atoms with Crippen molar-refractivity contribution in [3.63, 3.8) is 0 Å². The predicted octanol–water partition coefficient (Wildman–Crippen LogP) is 4.38. The highest BCUT2D eigenvalue weighted by Gasteiger charge is 2.20. The van der Waals surface area contributed by atoms with E-state index in [0.29, 0.717) is 6.04 Å². The molecule has 0 saturated heterocycles. The third kappa shape index (κ3) is 3.43. The summed E-state index contributed by atoms with van der Waals surface area (Å²) in [5, 5.41) is 8.59. The number of likely N-dealkylation sites (N-methyl/N-ethyl adjacent to an activating group) is 1. The molecule has 0 saturated carbocycles. The number of halogens is 2. The van der Waals surface area contributed by atoms with Gasteiger partial charge in [0.1, 0.15) is 0 Å². The second kappa shape index (κ2) is 6.74. The molecule has 20 heavy (non-hydrogen) atoms. The van der Waals surface area contributed by atoms with Crippen LogP contribution in [-0.2, 0) is 6.42 Å². The van der Waals surface area contributed by atoms with Gasteiger partial charge in [0.15, 0.2) is 0 Å². The van der Waals surface area contributed by atoms with Crippen molar-refractivity contribution in [2.75, 3.05) is 7.05 Å². The molecule has 1 aromatic carbocycles. The lowest BCUT2D eigenvalue weighted by Crippen LogP contribution is -2.23. The Hall–Kier alpha value is -0.840. The lowest BCUT2D eigenvalue weighted by Gasteiger charge is -2.21. The van der Waals surface area contributed by atoms with Crippen molar-refractivity contribution >= 4 is 27.5 Å².